The van der Waals surface area contributed by atoms with Crippen LogP contribution < -0.4 is 21.7 Å². The lowest BCUT2D eigenvalue weighted by atomic mass is 9.81. The van der Waals surface area contributed by atoms with Crippen LogP contribution in [0.3, 0.4) is 0 Å². The third-order valence-electron chi connectivity index (χ3n) is 9.69. The van der Waals surface area contributed by atoms with Crippen molar-refractivity contribution in [2.24, 2.45) is 17.6 Å². The van der Waals surface area contributed by atoms with Crippen molar-refractivity contribution in [1.29, 1.82) is 0 Å². The molecule has 1 aromatic heterocycles. The van der Waals surface area contributed by atoms with E-state index in [1.54, 1.807) is 12.1 Å². The Labute approximate surface area is 298 Å². The molecule has 1 aliphatic carbocycles. The predicted octanol–water partition coefficient (Wildman–Crippen LogP) is 4.21. The fourth-order valence-electron chi connectivity index (χ4n) is 6.77. The first-order chi connectivity index (χ1) is 23.9. The quantitative estimate of drug-likeness (QED) is 0.138. The molecule has 13 heteroatoms. The van der Waals surface area contributed by atoms with Gasteiger partial charge in [0.1, 0.15) is 6.04 Å². The molecule has 1 atom stereocenters. The number of nitrogens with one attached hydrogen (secondary N) is 4. The molecule has 0 spiro atoms. The van der Waals surface area contributed by atoms with Crippen LogP contribution in [-0.4, -0.2) is 82.0 Å². The number of amides is 3. The Morgan fingerprint density at radius 3 is 2.32 bits per heavy atom. The Balaban J connectivity index is 0.00000486. The van der Waals surface area contributed by atoms with E-state index in [0.717, 1.165) is 67.6 Å². The molecule has 1 saturated heterocycles. The van der Waals surface area contributed by atoms with Gasteiger partial charge in [0.05, 0.1) is 0 Å². The van der Waals surface area contributed by atoms with E-state index in [9.17, 15) is 14.4 Å². The molecule has 3 amide bonds. The van der Waals surface area contributed by atoms with Crippen LogP contribution >= 0.6 is 12.4 Å². The first-order valence-corrected chi connectivity index (χ1v) is 17.3. The Morgan fingerprint density at radius 2 is 1.62 bits per heavy atom. The van der Waals surface area contributed by atoms with Gasteiger partial charge in [-0.05, 0) is 128 Å². The van der Waals surface area contributed by atoms with Crippen LogP contribution in [0.5, 0.6) is 0 Å². The maximum absolute atomic E-state index is 13.8. The molecule has 264 valence electrons. The maximum atomic E-state index is 13.8. The largest absolute Gasteiger partial charge is 0.351 e. The number of nitrogens with two attached hydrogens (primary N) is 1. The van der Waals surface area contributed by atoms with E-state index in [1.807, 2.05) is 60.7 Å². The van der Waals surface area contributed by atoms with E-state index in [4.69, 9.17) is 5.73 Å². The Morgan fingerprint density at radius 1 is 0.900 bits per heavy atom. The highest BCUT2D eigenvalue weighted by Crippen LogP contribution is 2.29. The highest BCUT2D eigenvalue weighted by atomic mass is 35.5. The number of carbonyl (C=O) groups is 3. The highest BCUT2D eigenvalue weighted by Gasteiger charge is 2.29. The van der Waals surface area contributed by atoms with Gasteiger partial charge in [0.2, 0.25) is 11.8 Å². The smallest absolute Gasteiger partial charge is 0.251 e. The zero-order chi connectivity index (χ0) is 34.0. The van der Waals surface area contributed by atoms with Crippen LogP contribution in [0, 0.1) is 11.8 Å². The van der Waals surface area contributed by atoms with E-state index < -0.39 is 6.04 Å². The third kappa shape index (κ3) is 9.74. The topological polar surface area (TPSA) is 171 Å². The standard InChI is InChI=1S/C37H45N9O3.ClH/c38-24-25-9-11-28(12-10-25)36(48)41-33(37(49)40-32-15-13-27(14-16-32)34-42-44-45-43-34)22-26-5-3-6-29(21-26)30-7-4-8-31(23-30)35(47)39-17-20-46-18-1-2-19-46;/h3-8,13-16,21,23,25,28,33H,1-2,9-12,17-20,22,24,38H2,(H,39,47)(H,40,49)(H,41,48)(H,42,43,44,45);1H/t25-,28-,33-;/m0./s1. The predicted molar refractivity (Wildman–Crippen MR) is 196 cm³/mol. The number of rotatable bonds is 13. The molecular weight excluding hydrogens is 654 g/mol. The molecule has 1 aliphatic heterocycles. The number of nitrogens with zero attached hydrogens (tertiary/aromatic N) is 4. The number of likely N-dealkylation sites (tertiary alicyclic amines) is 1. The van der Waals surface area contributed by atoms with Crippen LogP contribution in [0.15, 0.2) is 72.8 Å². The minimum atomic E-state index is -0.805. The van der Waals surface area contributed by atoms with E-state index in [0.29, 0.717) is 42.5 Å². The molecule has 3 aromatic carbocycles. The van der Waals surface area contributed by atoms with Crippen molar-refractivity contribution in [3.05, 3.63) is 83.9 Å². The molecule has 4 aromatic rings. The molecule has 6 N–H and O–H groups in total. The van der Waals surface area contributed by atoms with E-state index in [1.165, 1.54) is 12.8 Å². The van der Waals surface area contributed by atoms with E-state index in [2.05, 4.69) is 41.5 Å². The molecular formula is C37H46ClN9O3. The molecule has 0 radical (unpaired) electrons. The van der Waals surface area contributed by atoms with Gasteiger partial charge in [0, 0.05) is 42.2 Å². The maximum Gasteiger partial charge on any atom is 0.251 e. The lowest BCUT2D eigenvalue weighted by molar-refractivity contribution is -0.130. The Bertz CT molecular complexity index is 1700. The van der Waals surface area contributed by atoms with Crippen LogP contribution in [0.2, 0.25) is 0 Å². The highest BCUT2D eigenvalue weighted by molar-refractivity contribution is 5.98. The summed E-state index contributed by atoms with van der Waals surface area (Å²) in [4.78, 5) is 42.6. The van der Waals surface area contributed by atoms with Gasteiger partial charge in [0.25, 0.3) is 5.91 Å². The first kappa shape index (κ1) is 36.6. The molecule has 0 unspecified atom stereocenters. The van der Waals surface area contributed by atoms with Crippen molar-refractivity contribution in [2.45, 2.75) is 51.0 Å². The average Bonchev–Trinajstić information content (AvgIpc) is 3.88. The fourth-order valence-corrected chi connectivity index (χ4v) is 6.77. The summed E-state index contributed by atoms with van der Waals surface area (Å²) >= 11 is 0. The van der Waals surface area contributed by atoms with Crippen LogP contribution in [-0.2, 0) is 16.0 Å². The van der Waals surface area contributed by atoms with Crippen LogP contribution in [0.1, 0.15) is 54.4 Å². The number of aromatic nitrogens is 4. The van der Waals surface area contributed by atoms with Gasteiger partial charge in [-0.1, -0.05) is 36.4 Å². The molecule has 6 rings (SSSR count). The zero-order valence-corrected chi connectivity index (χ0v) is 29.0. The fraction of sp³-hybridized carbons (Fsp3) is 0.405. The van der Waals surface area contributed by atoms with Crippen LogP contribution in [0.25, 0.3) is 22.5 Å². The third-order valence-corrected chi connectivity index (χ3v) is 9.69. The van der Waals surface area contributed by atoms with Gasteiger partial charge in [-0.25, -0.2) is 5.10 Å². The van der Waals surface area contributed by atoms with Gasteiger partial charge in [-0.3, -0.25) is 14.4 Å². The van der Waals surface area contributed by atoms with Gasteiger partial charge in [-0.15, -0.1) is 17.5 Å². The molecule has 12 nitrogen and oxygen atoms in total. The lowest BCUT2D eigenvalue weighted by Gasteiger charge is -2.28. The van der Waals surface area contributed by atoms with Crippen molar-refractivity contribution >= 4 is 35.8 Å². The van der Waals surface area contributed by atoms with Gasteiger partial charge in [-0.2, -0.15) is 0 Å². The molecule has 2 heterocycles. The van der Waals surface area contributed by atoms with E-state index >= 15 is 0 Å². The number of hydrogen-bond donors (Lipinski definition) is 5. The normalized spacial score (nSPS) is 18.1. The number of tetrazole rings is 1. The summed E-state index contributed by atoms with van der Waals surface area (Å²) in [6.07, 6.45) is 6.09. The van der Waals surface area contributed by atoms with Crippen molar-refractivity contribution in [2.75, 3.05) is 38.0 Å². The number of hydrogen-bond acceptors (Lipinski definition) is 8. The number of benzene rings is 3. The van der Waals surface area contributed by atoms with Crippen molar-refractivity contribution < 1.29 is 14.4 Å². The molecule has 2 aliphatic rings. The lowest BCUT2D eigenvalue weighted by Crippen LogP contribution is -2.48. The number of carbonyl (C=O) groups excluding carboxylic acids is 3. The minimum Gasteiger partial charge on any atom is -0.351 e. The number of aromatic amines is 1. The summed E-state index contributed by atoms with van der Waals surface area (Å²) in [5, 5.41) is 23.0. The second kappa shape index (κ2) is 17.8. The summed E-state index contributed by atoms with van der Waals surface area (Å²) in [5.74, 6) is 0.308. The van der Waals surface area contributed by atoms with Gasteiger partial charge < -0.3 is 26.6 Å². The molecule has 0 bridgehead atoms. The minimum absolute atomic E-state index is 0. The van der Waals surface area contributed by atoms with Gasteiger partial charge in [0.15, 0.2) is 5.82 Å². The van der Waals surface area contributed by atoms with E-state index in [-0.39, 0.29) is 36.0 Å². The summed E-state index contributed by atoms with van der Waals surface area (Å²) < 4.78 is 0. The second-order valence-corrected chi connectivity index (χ2v) is 13.1. The van der Waals surface area contributed by atoms with Crippen molar-refractivity contribution in [3.8, 4) is 22.5 Å². The number of H-pyrrole nitrogens is 1. The molecule has 50 heavy (non-hydrogen) atoms. The zero-order valence-electron chi connectivity index (χ0n) is 28.1. The monoisotopic (exact) mass is 699 g/mol. The summed E-state index contributed by atoms with van der Waals surface area (Å²) in [6.45, 7) is 4.30. The SMILES string of the molecule is Cl.NC[C@H]1CC[C@H](C(=O)N[C@@H](Cc2cccc(-c3cccc(C(=O)NCCN4CCCC4)c3)c2)C(=O)Nc2ccc(-c3nnn[nH]3)cc2)CC1. The van der Waals surface area contributed by atoms with Crippen molar-refractivity contribution in [1.82, 2.24) is 36.2 Å². The van der Waals surface area contributed by atoms with Gasteiger partial charge >= 0.3 is 0 Å². The molecule has 2 fully saturated rings. The average molecular weight is 700 g/mol. The number of halogens is 1. The Hall–Kier alpha value is -4.65. The first-order valence-electron chi connectivity index (χ1n) is 17.3. The second-order valence-electron chi connectivity index (χ2n) is 13.1. The number of anilines is 1. The summed E-state index contributed by atoms with van der Waals surface area (Å²) in [7, 11) is 0. The summed E-state index contributed by atoms with van der Waals surface area (Å²) in [5.41, 5.74) is 10.6. The molecule has 1 saturated carbocycles. The van der Waals surface area contributed by atoms with Crippen LogP contribution in [0.4, 0.5) is 5.69 Å². The van der Waals surface area contributed by atoms with Crippen molar-refractivity contribution in [3.63, 3.8) is 0 Å². The summed E-state index contributed by atoms with van der Waals surface area (Å²) in [6, 6.07) is 21.9. The Kier molecular flexibility index (Phi) is 13.1.